The van der Waals surface area contributed by atoms with Crippen LogP contribution in [0.4, 0.5) is 11.5 Å². The summed E-state index contributed by atoms with van der Waals surface area (Å²) in [6.07, 6.45) is 1.07. The summed E-state index contributed by atoms with van der Waals surface area (Å²) in [6, 6.07) is 12.6. The van der Waals surface area contributed by atoms with Crippen LogP contribution in [0.1, 0.15) is 21.6 Å². The molecule has 1 amide bonds. The van der Waals surface area contributed by atoms with Gasteiger partial charge in [-0.2, -0.15) is 5.10 Å². The minimum Gasteiger partial charge on any atom is -0.306 e. The lowest BCUT2D eigenvalue weighted by Crippen LogP contribution is -2.16. The molecule has 0 fully saturated rings. The lowest BCUT2D eigenvalue weighted by Gasteiger charge is -2.12. The van der Waals surface area contributed by atoms with Crippen LogP contribution < -0.4 is 10.0 Å². The van der Waals surface area contributed by atoms with Gasteiger partial charge in [0, 0.05) is 22.6 Å². The van der Waals surface area contributed by atoms with Gasteiger partial charge in [-0.15, -0.1) is 0 Å². The number of nitrogens with zero attached hydrogens (tertiary/aromatic N) is 2. The molecule has 2 N–H and O–H groups in total. The summed E-state index contributed by atoms with van der Waals surface area (Å²) in [7, 11) is -1.69. The van der Waals surface area contributed by atoms with Crippen molar-refractivity contribution < 1.29 is 13.2 Å². The molecule has 0 saturated carbocycles. The lowest BCUT2D eigenvalue weighted by atomic mass is 10.1. The SMILES string of the molecule is Cc1ccc(C(=O)Nc2c(-c3ccc(Br)cc3)c(C)nn2C)cc1NS(C)(=O)=O. The molecule has 7 nitrogen and oxygen atoms in total. The van der Waals surface area contributed by atoms with Crippen LogP contribution >= 0.6 is 15.9 Å². The summed E-state index contributed by atoms with van der Waals surface area (Å²) < 4.78 is 28.2. The number of rotatable bonds is 5. The Bertz CT molecular complexity index is 1190. The fourth-order valence-corrected chi connectivity index (χ4v) is 3.90. The normalized spacial score (nSPS) is 11.3. The van der Waals surface area contributed by atoms with Gasteiger partial charge in [0.25, 0.3) is 5.91 Å². The predicted octanol–water partition coefficient (Wildman–Crippen LogP) is 4.09. The number of hydrogen-bond donors (Lipinski definition) is 2. The van der Waals surface area contributed by atoms with Gasteiger partial charge in [-0.3, -0.25) is 14.2 Å². The maximum absolute atomic E-state index is 12.9. The number of benzene rings is 2. The van der Waals surface area contributed by atoms with Crippen molar-refractivity contribution in [2.45, 2.75) is 13.8 Å². The summed E-state index contributed by atoms with van der Waals surface area (Å²) in [5, 5.41) is 7.35. The van der Waals surface area contributed by atoms with Gasteiger partial charge in [0.15, 0.2) is 0 Å². The largest absolute Gasteiger partial charge is 0.306 e. The quantitative estimate of drug-likeness (QED) is 0.579. The molecule has 0 aliphatic rings. The van der Waals surface area contributed by atoms with Crippen molar-refractivity contribution in [3.05, 3.63) is 63.8 Å². The van der Waals surface area contributed by atoms with Crippen LogP contribution in [0.15, 0.2) is 46.9 Å². The molecule has 0 unspecified atom stereocenters. The average molecular weight is 477 g/mol. The Morgan fingerprint density at radius 1 is 1.10 bits per heavy atom. The van der Waals surface area contributed by atoms with Crippen LogP contribution in [0.2, 0.25) is 0 Å². The van der Waals surface area contributed by atoms with Crippen LogP contribution in [0.5, 0.6) is 0 Å². The van der Waals surface area contributed by atoms with Crippen molar-refractivity contribution in [3.63, 3.8) is 0 Å². The second-order valence-electron chi connectivity index (χ2n) is 6.80. The van der Waals surface area contributed by atoms with Crippen molar-refractivity contribution in [1.82, 2.24) is 9.78 Å². The van der Waals surface area contributed by atoms with Crippen molar-refractivity contribution in [1.29, 1.82) is 0 Å². The first-order chi connectivity index (χ1) is 13.5. The minimum absolute atomic E-state index is 0.336. The third-order valence-corrected chi connectivity index (χ3v) is 5.50. The van der Waals surface area contributed by atoms with Crippen LogP contribution in [0.25, 0.3) is 11.1 Å². The molecule has 0 radical (unpaired) electrons. The van der Waals surface area contributed by atoms with E-state index in [2.05, 4.69) is 31.1 Å². The summed E-state index contributed by atoms with van der Waals surface area (Å²) in [4.78, 5) is 12.9. The second-order valence-corrected chi connectivity index (χ2v) is 9.46. The number of amides is 1. The summed E-state index contributed by atoms with van der Waals surface area (Å²) >= 11 is 3.43. The number of carbonyl (C=O) groups excluding carboxylic acids is 1. The molecule has 152 valence electrons. The van der Waals surface area contributed by atoms with E-state index in [-0.39, 0.29) is 5.91 Å². The number of anilines is 2. The van der Waals surface area contributed by atoms with Gasteiger partial charge >= 0.3 is 0 Å². The molecule has 0 aliphatic carbocycles. The van der Waals surface area contributed by atoms with E-state index >= 15 is 0 Å². The second kappa shape index (κ2) is 8.00. The van der Waals surface area contributed by atoms with Crippen LogP contribution in [-0.4, -0.2) is 30.4 Å². The number of halogens is 1. The van der Waals surface area contributed by atoms with E-state index < -0.39 is 10.0 Å². The molecule has 0 saturated heterocycles. The van der Waals surface area contributed by atoms with Crippen LogP contribution in [0.3, 0.4) is 0 Å². The van der Waals surface area contributed by atoms with Crippen LogP contribution in [-0.2, 0) is 17.1 Å². The molecule has 9 heteroatoms. The molecule has 0 aliphatic heterocycles. The summed E-state index contributed by atoms with van der Waals surface area (Å²) in [5.41, 5.74) is 3.97. The number of hydrogen-bond acceptors (Lipinski definition) is 4. The van der Waals surface area contributed by atoms with E-state index in [1.165, 1.54) is 6.07 Å². The smallest absolute Gasteiger partial charge is 0.256 e. The van der Waals surface area contributed by atoms with Crippen molar-refractivity contribution >= 4 is 43.4 Å². The van der Waals surface area contributed by atoms with Crippen molar-refractivity contribution in [2.24, 2.45) is 7.05 Å². The third-order valence-electron chi connectivity index (χ3n) is 4.38. The zero-order valence-electron chi connectivity index (χ0n) is 16.4. The molecule has 29 heavy (non-hydrogen) atoms. The number of aromatic nitrogens is 2. The van der Waals surface area contributed by atoms with Gasteiger partial charge in [0.2, 0.25) is 10.0 Å². The fourth-order valence-electron chi connectivity index (χ4n) is 3.02. The Kier molecular flexibility index (Phi) is 5.81. The highest BCUT2D eigenvalue weighted by atomic mass is 79.9. The van der Waals surface area contributed by atoms with Gasteiger partial charge in [-0.1, -0.05) is 34.1 Å². The maximum Gasteiger partial charge on any atom is 0.256 e. The number of carbonyl (C=O) groups is 1. The molecular weight excluding hydrogens is 456 g/mol. The number of sulfonamides is 1. The van der Waals surface area contributed by atoms with E-state index in [1.807, 2.05) is 31.2 Å². The molecule has 0 spiro atoms. The first-order valence-corrected chi connectivity index (χ1v) is 11.4. The first-order valence-electron chi connectivity index (χ1n) is 8.74. The van der Waals surface area contributed by atoms with E-state index in [0.717, 1.165) is 33.1 Å². The molecule has 1 heterocycles. The minimum atomic E-state index is -3.45. The zero-order chi connectivity index (χ0) is 21.3. The Labute approximate surface area is 178 Å². The molecule has 2 aromatic carbocycles. The van der Waals surface area contributed by atoms with Gasteiger partial charge in [-0.05, 0) is 49.2 Å². The molecule has 3 aromatic rings. The molecule has 3 rings (SSSR count). The topological polar surface area (TPSA) is 93.1 Å². The van der Waals surface area contributed by atoms with Crippen LogP contribution in [0, 0.1) is 13.8 Å². The standard InChI is InChI=1S/C20H21BrN4O3S/c1-12-5-6-15(11-17(12)24-29(4,27)28)20(26)22-19-18(13(2)23-25(19)3)14-7-9-16(21)10-8-14/h5-11,24H,1-4H3,(H,22,26). The first kappa shape index (κ1) is 21.1. The molecule has 0 bridgehead atoms. The molecular formula is C20H21BrN4O3S. The third kappa shape index (κ3) is 4.86. The van der Waals surface area contributed by atoms with E-state index in [1.54, 1.807) is 30.8 Å². The Morgan fingerprint density at radius 2 is 1.76 bits per heavy atom. The fraction of sp³-hybridized carbons (Fsp3) is 0.200. The van der Waals surface area contributed by atoms with Gasteiger partial charge in [0.05, 0.1) is 17.6 Å². The maximum atomic E-state index is 12.9. The van der Waals surface area contributed by atoms with E-state index in [9.17, 15) is 13.2 Å². The van der Waals surface area contributed by atoms with E-state index in [0.29, 0.717) is 17.1 Å². The highest BCUT2D eigenvalue weighted by Gasteiger charge is 2.19. The average Bonchev–Trinajstić information content (AvgIpc) is 2.90. The van der Waals surface area contributed by atoms with E-state index in [4.69, 9.17) is 0 Å². The monoisotopic (exact) mass is 476 g/mol. The number of aryl methyl sites for hydroxylation is 3. The zero-order valence-corrected chi connectivity index (χ0v) is 18.8. The molecule has 0 atom stereocenters. The van der Waals surface area contributed by atoms with Gasteiger partial charge < -0.3 is 5.32 Å². The summed E-state index contributed by atoms with van der Waals surface area (Å²) in [5.74, 6) is 0.205. The summed E-state index contributed by atoms with van der Waals surface area (Å²) in [6.45, 7) is 3.65. The Morgan fingerprint density at radius 3 is 2.38 bits per heavy atom. The Hall–Kier alpha value is -2.65. The predicted molar refractivity (Wildman–Crippen MR) is 119 cm³/mol. The molecule has 1 aromatic heterocycles. The lowest BCUT2D eigenvalue weighted by molar-refractivity contribution is 0.102. The van der Waals surface area contributed by atoms with Gasteiger partial charge in [0.1, 0.15) is 5.82 Å². The Balaban J connectivity index is 1.96. The van der Waals surface area contributed by atoms with Gasteiger partial charge in [-0.25, -0.2) is 8.42 Å². The highest BCUT2D eigenvalue weighted by Crippen LogP contribution is 2.32. The highest BCUT2D eigenvalue weighted by molar-refractivity contribution is 9.10. The number of nitrogens with one attached hydrogen (secondary N) is 2. The van der Waals surface area contributed by atoms with Crippen molar-refractivity contribution in [2.75, 3.05) is 16.3 Å². The van der Waals surface area contributed by atoms with Crippen molar-refractivity contribution in [3.8, 4) is 11.1 Å².